The van der Waals surface area contributed by atoms with E-state index in [0.29, 0.717) is 11.0 Å². The number of sulfonamides is 1. The monoisotopic (exact) mass is 350 g/mol. The Hall–Kier alpha value is -1.40. The van der Waals surface area contributed by atoms with Crippen LogP contribution in [0.5, 0.6) is 0 Å². The first kappa shape index (κ1) is 16.5. The minimum atomic E-state index is -3.56. The molecule has 4 nitrogen and oxygen atoms in total. The van der Waals surface area contributed by atoms with Crippen molar-refractivity contribution in [2.45, 2.75) is 50.8 Å². The van der Waals surface area contributed by atoms with Crippen molar-refractivity contribution in [3.05, 3.63) is 40.4 Å². The van der Waals surface area contributed by atoms with E-state index in [1.165, 1.54) is 22.6 Å². The van der Waals surface area contributed by atoms with Gasteiger partial charge < -0.3 is 0 Å². The predicted octanol–water partition coefficient (Wildman–Crippen LogP) is 4.02. The predicted molar refractivity (Wildman–Crippen MR) is 94.5 cm³/mol. The molecule has 0 radical (unpaired) electrons. The lowest BCUT2D eigenvalue weighted by Gasteiger charge is -2.08. The lowest BCUT2D eigenvalue weighted by molar-refractivity contribution is 0.601. The van der Waals surface area contributed by atoms with Gasteiger partial charge in [-0.25, -0.2) is 13.4 Å². The van der Waals surface area contributed by atoms with E-state index in [-0.39, 0.29) is 4.90 Å². The third-order valence-electron chi connectivity index (χ3n) is 3.94. The second-order valence-electron chi connectivity index (χ2n) is 6.44. The molecule has 1 aromatic carbocycles. The molecule has 1 aromatic heterocycles. The van der Waals surface area contributed by atoms with Gasteiger partial charge in [-0.05, 0) is 55.7 Å². The standard InChI is InChI=1S/C17H22N2O2S2/c1-12(2)11-13-7-9-14(10-8-13)23(20,21)19-17-18-15-5-3-4-6-16(15)22-17/h7-10,12H,3-6,11H2,1-2H3,(H,18,19). The molecular formula is C17H22N2O2S2. The van der Waals surface area contributed by atoms with Crippen molar-refractivity contribution in [3.8, 4) is 0 Å². The van der Waals surface area contributed by atoms with Crippen LogP contribution in [0.2, 0.25) is 0 Å². The van der Waals surface area contributed by atoms with Gasteiger partial charge in [0, 0.05) is 4.88 Å². The fourth-order valence-electron chi connectivity index (χ4n) is 2.85. The molecule has 0 saturated heterocycles. The fraction of sp³-hybridized carbons (Fsp3) is 0.471. The van der Waals surface area contributed by atoms with Crippen LogP contribution in [-0.4, -0.2) is 13.4 Å². The molecule has 0 spiro atoms. The molecule has 0 unspecified atom stereocenters. The van der Waals surface area contributed by atoms with Gasteiger partial charge in [-0.2, -0.15) is 0 Å². The highest BCUT2D eigenvalue weighted by atomic mass is 32.2. The summed E-state index contributed by atoms with van der Waals surface area (Å²) in [6, 6.07) is 7.13. The summed E-state index contributed by atoms with van der Waals surface area (Å²) in [5, 5.41) is 0.489. The summed E-state index contributed by atoms with van der Waals surface area (Å²) in [5.41, 5.74) is 2.22. The fourth-order valence-corrected chi connectivity index (χ4v) is 5.13. The van der Waals surface area contributed by atoms with Gasteiger partial charge in [-0.15, -0.1) is 11.3 Å². The first-order chi connectivity index (χ1) is 10.9. The van der Waals surface area contributed by atoms with Crippen molar-refractivity contribution in [1.82, 2.24) is 4.98 Å². The van der Waals surface area contributed by atoms with Crippen molar-refractivity contribution < 1.29 is 8.42 Å². The van der Waals surface area contributed by atoms with Gasteiger partial charge in [0.05, 0.1) is 10.6 Å². The number of hydrogen-bond acceptors (Lipinski definition) is 4. The zero-order valence-corrected chi connectivity index (χ0v) is 15.1. The summed E-state index contributed by atoms with van der Waals surface area (Å²) in [5.74, 6) is 0.553. The molecule has 23 heavy (non-hydrogen) atoms. The maximum absolute atomic E-state index is 12.5. The van der Waals surface area contributed by atoms with Crippen molar-refractivity contribution in [1.29, 1.82) is 0 Å². The second kappa shape index (κ2) is 6.61. The molecule has 0 aliphatic heterocycles. The van der Waals surface area contributed by atoms with Gasteiger partial charge in [-0.3, -0.25) is 4.72 Å². The zero-order valence-electron chi connectivity index (χ0n) is 13.5. The molecule has 3 rings (SSSR count). The Kier molecular flexibility index (Phi) is 4.73. The Morgan fingerprint density at radius 1 is 1.17 bits per heavy atom. The van der Waals surface area contributed by atoms with E-state index in [4.69, 9.17) is 0 Å². The number of benzene rings is 1. The van der Waals surface area contributed by atoms with Crippen LogP contribution in [0.4, 0.5) is 5.13 Å². The zero-order chi connectivity index (χ0) is 16.4. The minimum Gasteiger partial charge on any atom is -0.255 e. The van der Waals surface area contributed by atoms with Gasteiger partial charge in [0.25, 0.3) is 10.0 Å². The highest BCUT2D eigenvalue weighted by Crippen LogP contribution is 2.30. The highest BCUT2D eigenvalue weighted by molar-refractivity contribution is 7.93. The van der Waals surface area contributed by atoms with E-state index < -0.39 is 10.0 Å². The van der Waals surface area contributed by atoms with Crippen molar-refractivity contribution in [3.63, 3.8) is 0 Å². The number of thiazole rings is 1. The van der Waals surface area contributed by atoms with Crippen LogP contribution in [0, 0.1) is 5.92 Å². The number of rotatable bonds is 5. The average molecular weight is 351 g/mol. The van der Waals surface area contributed by atoms with E-state index in [0.717, 1.165) is 36.9 Å². The average Bonchev–Trinajstić information content (AvgIpc) is 2.88. The molecule has 0 amide bonds. The van der Waals surface area contributed by atoms with Gasteiger partial charge in [0.2, 0.25) is 0 Å². The second-order valence-corrected chi connectivity index (χ2v) is 9.21. The van der Waals surface area contributed by atoms with E-state index >= 15 is 0 Å². The van der Waals surface area contributed by atoms with Crippen LogP contribution in [0.25, 0.3) is 0 Å². The van der Waals surface area contributed by atoms with Crippen LogP contribution in [0.3, 0.4) is 0 Å². The van der Waals surface area contributed by atoms with E-state index in [9.17, 15) is 8.42 Å². The van der Waals surface area contributed by atoms with Crippen molar-refractivity contribution >= 4 is 26.5 Å². The Morgan fingerprint density at radius 3 is 2.52 bits per heavy atom. The molecule has 2 aromatic rings. The quantitative estimate of drug-likeness (QED) is 0.886. The lowest BCUT2D eigenvalue weighted by atomic mass is 10.0. The molecule has 6 heteroatoms. The summed E-state index contributed by atoms with van der Waals surface area (Å²) >= 11 is 1.47. The van der Waals surface area contributed by atoms with Crippen LogP contribution in [0.1, 0.15) is 42.8 Å². The topological polar surface area (TPSA) is 59.1 Å². The minimum absolute atomic E-state index is 0.290. The van der Waals surface area contributed by atoms with Crippen LogP contribution in [-0.2, 0) is 29.3 Å². The molecule has 0 fully saturated rings. The number of nitrogens with zero attached hydrogens (tertiary/aromatic N) is 1. The van der Waals surface area contributed by atoms with E-state index in [2.05, 4.69) is 23.6 Å². The molecule has 0 bridgehead atoms. The van der Waals surface area contributed by atoms with Crippen LogP contribution in [0.15, 0.2) is 29.2 Å². The Bertz CT molecular complexity index is 754. The number of fused-ring (bicyclic) bond motifs is 1. The van der Waals surface area contributed by atoms with Gasteiger partial charge in [0.1, 0.15) is 0 Å². The van der Waals surface area contributed by atoms with Gasteiger partial charge >= 0.3 is 0 Å². The molecule has 0 saturated carbocycles. The summed E-state index contributed by atoms with van der Waals surface area (Å²) < 4.78 is 27.6. The van der Waals surface area contributed by atoms with Gasteiger partial charge in [0.15, 0.2) is 5.13 Å². The number of aromatic nitrogens is 1. The van der Waals surface area contributed by atoms with E-state index in [1.54, 1.807) is 12.1 Å². The van der Waals surface area contributed by atoms with E-state index in [1.807, 2.05) is 12.1 Å². The van der Waals surface area contributed by atoms with Crippen molar-refractivity contribution in [2.75, 3.05) is 4.72 Å². The molecule has 1 N–H and O–H groups in total. The number of aryl methyl sites for hydroxylation is 2. The molecule has 124 valence electrons. The third-order valence-corrected chi connectivity index (χ3v) is 6.50. The van der Waals surface area contributed by atoms with Crippen LogP contribution < -0.4 is 4.72 Å². The number of nitrogens with one attached hydrogen (secondary N) is 1. The maximum atomic E-state index is 12.5. The highest BCUT2D eigenvalue weighted by Gasteiger charge is 2.20. The Labute approximate surface area is 142 Å². The SMILES string of the molecule is CC(C)Cc1ccc(S(=O)(=O)Nc2nc3c(s2)CCCC3)cc1. The van der Waals surface area contributed by atoms with Gasteiger partial charge in [-0.1, -0.05) is 26.0 Å². The number of anilines is 1. The lowest BCUT2D eigenvalue weighted by Crippen LogP contribution is -2.13. The Balaban J connectivity index is 1.77. The summed E-state index contributed by atoms with van der Waals surface area (Å²) in [4.78, 5) is 5.96. The molecule has 1 aliphatic carbocycles. The smallest absolute Gasteiger partial charge is 0.255 e. The van der Waals surface area contributed by atoms with Crippen LogP contribution >= 0.6 is 11.3 Å². The van der Waals surface area contributed by atoms with Crippen molar-refractivity contribution in [2.24, 2.45) is 5.92 Å². The largest absolute Gasteiger partial charge is 0.263 e. The molecular weight excluding hydrogens is 328 g/mol. The molecule has 1 heterocycles. The molecule has 1 aliphatic rings. The summed E-state index contributed by atoms with van der Waals surface area (Å²) in [6.07, 6.45) is 5.22. The molecule has 0 atom stereocenters. The first-order valence-electron chi connectivity index (χ1n) is 8.04. The number of hydrogen-bond donors (Lipinski definition) is 1. The normalized spacial score (nSPS) is 14.7. The third kappa shape index (κ3) is 3.93. The summed E-state index contributed by atoms with van der Waals surface area (Å²) in [7, 11) is -3.56. The Morgan fingerprint density at radius 2 is 1.87 bits per heavy atom. The maximum Gasteiger partial charge on any atom is 0.263 e. The first-order valence-corrected chi connectivity index (χ1v) is 10.3. The summed E-state index contributed by atoms with van der Waals surface area (Å²) in [6.45, 7) is 4.30.